The molecule has 1 aliphatic rings. The van der Waals surface area contributed by atoms with Crippen molar-refractivity contribution in [2.24, 2.45) is 5.92 Å². The van der Waals surface area contributed by atoms with Crippen LogP contribution in [0.5, 0.6) is 0 Å². The van der Waals surface area contributed by atoms with Crippen molar-refractivity contribution in [3.8, 4) is 0 Å². The van der Waals surface area contributed by atoms with Crippen LogP contribution in [0.15, 0.2) is 0 Å². The molecule has 1 aliphatic heterocycles. The van der Waals surface area contributed by atoms with Gasteiger partial charge < -0.3 is 9.80 Å². The summed E-state index contributed by atoms with van der Waals surface area (Å²) in [6.07, 6.45) is 1.29. The fourth-order valence-electron chi connectivity index (χ4n) is 2.20. The molecule has 0 aromatic rings. The molecular weight excluding hydrogens is 160 g/mol. The van der Waals surface area contributed by atoms with E-state index in [1.54, 1.807) is 0 Å². The molecule has 2 nitrogen and oxygen atoms in total. The van der Waals surface area contributed by atoms with Crippen LogP contribution in [0, 0.1) is 5.92 Å². The Morgan fingerprint density at radius 3 is 2.54 bits per heavy atom. The third-order valence-corrected chi connectivity index (χ3v) is 3.09. The molecule has 2 heteroatoms. The summed E-state index contributed by atoms with van der Waals surface area (Å²) in [6, 6.07) is 0.764. The van der Waals surface area contributed by atoms with Crippen LogP contribution in [-0.2, 0) is 0 Å². The van der Waals surface area contributed by atoms with Gasteiger partial charge in [0, 0.05) is 25.7 Å². The summed E-state index contributed by atoms with van der Waals surface area (Å²) in [4.78, 5) is 5.11. The van der Waals surface area contributed by atoms with Gasteiger partial charge in [-0.3, -0.25) is 0 Å². The van der Waals surface area contributed by atoms with Crippen LogP contribution in [0.2, 0.25) is 0 Å². The van der Waals surface area contributed by atoms with Crippen LogP contribution in [0.1, 0.15) is 27.2 Å². The van der Waals surface area contributed by atoms with E-state index in [0.717, 1.165) is 12.0 Å². The van der Waals surface area contributed by atoms with Crippen LogP contribution in [0.4, 0.5) is 0 Å². The van der Waals surface area contributed by atoms with Gasteiger partial charge in [0.05, 0.1) is 0 Å². The maximum Gasteiger partial charge on any atom is 0.0243 e. The topological polar surface area (TPSA) is 6.48 Å². The molecule has 0 saturated carbocycles. The van der Waals surface area contributed by atoms with Crippen molar-refractivity contribution in [2.75, 3.05) is 33.2 Å². The molecule has 1 fully saturated rings. The SMILES string of the molecule is CCCN1CCN(C)C(C(C)C)C1. The summed E-state index contributed by atoms with van der Waals surface area (Å²) in [5.41, 5.74) is 0. The van der Waals surface area contributed by atoms with Gasteiger partial charge in [-0.2, -0.15) is 0 Å². The minimum atomic E-state index is 0.764. The minimum Gasteiger partial charge on any atom is -0.301 e. The Hall–Kier alpha value is -0.0800. The summed E-state index contributed by atoms with van der Waals surface area (Å²) < 4.78 is 0. The smallest absolute Gasteiger partial charge is 0.0243 e. The molecule has 1 saturated heterocycles. The van der Waals surface area contributed by atoms with Crippen molar-refractivity contribution in [2.45, 2.75) is 33.2 Å². The lowest BCUT2D eigenvalue weighted by Crippen LogP contribution is -2.53. The van der Waals surface area contributed by atoms with E-state index >= 15 is 0 Å². The Kier molecular flexibility index (Phi) is 4.20. The first kappa shape index (κ1) is 11.0. The van der Waals surface area contributed by atoms with E-state index in [9.17, 15) is 0 Å². The van der Waals surface area contributed by atoms with Crippen LogP contribution < -0.4 is 0 Å². The van der Waals surface area contributed by atoms with Gasteiger partial charge in [0.15, 0.2) is 0 Å². The van der Waals surface area contributed by atoms with E-state index in [1.807, 2.05) is 0 Å². The summed E-state index contributed by atoms with van der Waals surface area (Å²) >= 11 is 0. The third-order valence-electron chi connectivity index (χ3n) is 3.09. The molecule has 13 heavy (non-hydrogen) atoms. The zero-order valence-corrected chi connectivity index (χ0v) is 9.58. The highest BCUT2D eigenvalue weighted by Crippen LogP contribution is 2.15. The molecule has 1 unspecified atom stereocenters. The number of hydrogen-bond acceptors (Lipinski definition) is 2. The Morgan fingerprint density at radius 2 is 2.00 bits per heavy atom. The second-order valence-electron chi connectivity index (χ2n) is 4.59. The van der Waals surface area contributed by atoms with Gasteiger partial charge in [-0.25, -0.2) is 0 Å². The Balaban J connectivity index is 2.43. The highest BCUT2D eigenvalue weighted by molar-refractivity contribution is 4.81. The molecule has 0 spiro atoms. The highest BCUT2D eigenvalue weighted by Gasteiger charge is 2.25. The second-order valence-corrected chi connectivity index (χ2v) is 4.59. The van der Waals surface area contributed by atoms with Crippen molar-refractivity contribution >= 4 is 0 Å². The predicted octanol–water partition coefficient (Wildman–Crippen LogP) is 1.67. The molecule has 0 aliphatic carbocycles. The van der Waals surface area contributed by atoms with Gasteiger partial charge in [-0.1, -0.05) is 20.8 Å². The van der Waals surface area contributed by atoms with Crippen LogP contribution in [-0.4, -0.2) is 49.1 Å². The van der Waals surface area contributed by atoms with Gasteiger partial charge in [-0.15, -0.1) is 0 Å². The first-order valence-electron chi connectivity index (χ1n) is 5.57. The number of likely N-dealkylation sites (N-methyl/N-ethyl adjacent to an activating group) is 1. The van der Waals surface area contributed by atoms with E-state index < -0.39 is 0 Å². The second kappa shape index (κ2) is 4.97. The quantitative estimate of drug-likeness (QED) is 0.658. The average molecular weight is 184 g/mol. The van der Waals surface area contributed by atoms with Crippen molar-refractivity contribution in [3.63, 3.8) is 0 Å². The summed E-state index contributed by atoms with van der Waals surface area (Å²) in [5.74, 6) is 0.782. The van der Waals surface area contributed by atoms with Gasteiger partial charge >= 0.3 is 0 Å². The van der Waals surface area contributed by atoms with Gasteiger partial charge in [0.2, 0.25) is 0 Å². The Bertz CT molecular complexity index is 145. The summed E-state index contributed by atoms with van der Waals surface area (Å²) in [5, 5.41) is 0. The lowest BCUT2D eigenvalue weighted by Gasteiger charge is -2.41. The molecule has 1 rings (SSSR count). The minimum absolute atomic E-state index is 0.764. The van der Waals surface area contributed by atoms with Gasteiger partial charge in [0.25, 0.3) is 0 Å². The normalized spacial score (nSPS) is 27.0. The fraction of sp³-hybridized carbons (Fsp3) is 1.00. The monoisotopic (exact) mass is 184 g/mol. The van der Waals surface area contributed by atoms with Gasteiger partial charge in [0.1, 0.15) is 0 Å². The van der Waals surface area contributed by atoms with Crippen LogP contribution in [0.3, 0.4) is 0 Å². The number of hydrogen-bond donors (Lipinski definition) is 0. The van der Waals surface area contributed by atoms with Crippen molar-refractivity contribution in [1.29, 1.82) is 0 Å². The lowest BCUT2D eigenvalue weighted by atomic mass is 10.0. The largest absolute Gasteiger partial charge is 0.301 e. The van der Waals surface area contributed by atoms with Crippen molar-refractivity contribution < 1.29 is 0 Å². The maximum absolute atomic E-state index is 2.60. The molecule has 0 radical (unpaired) electrons. The zero-order chi connectivity index (χ0) is 9.84. The Labute approximate surface area is 82.9 Å². The highest BCUT2D eigenvalue weighted by atomic mass is 15.3. The van der Waals surface area contributed by atoms with Gasteiger partial charge in [-0.05, 0) is 25.9 Å². The van der Waals surface area contributed by atoms with Crippen molar-refractivity contribution in [3.05, 3.63) is 0 Å². The number of piperazine rings is 1. The first-order valence-corrected chi connectivity index (χ1v) is 5.57. The molecule has 0 amide bonds. The van der Waals surface area contributed by atoms with E-state index in [4.69, 9.17) is 0 Å². The van der Waals surface area contributed by atoms with Crippen LogP contribution in [0.25, 0.3) is 0 Å². The Morgan fingerprint density at radius 1 is 1.31 bits per heavy atom. The molecule has 1 atom stereocenters. The summed E-state index contributed by atoms with van der Waals surface area (Å²) in [6.45, 7) is 12.0. The molecule has 78 valence electrons. The molecular formula is C11H24N2. The summed E-state index contributed by atoms with van der Waals surface area (Å²) in [7, 11) is 2.26. The zero-order valence-electron chi connectivity index (χ0n) is 9.58. The molecule has 1 heterocycles. The predicted molar refractivity (Wildman–Crippen MR) is 58.0 cm³/mol. The van der Waals surface area contributed by atoms with Crippen LogP contribution >= 0.6 is 0 Å². The fourth-order valence-corrected chi connectivity index (χ4v) is 2.20. The number of nitrogens with zero attached hydrogens (tertiary/aromatic N) is 2. The first-order chi connectivity index (χ1) is 6.15. The molecule has 0 bridgehead atoms. The molecule has 0 N–H and O–H groups in total. The molecule has 0 aromatic carbocycles. The third kappa shape index (κ3) is 2.96. The van der Waals surface area contributed by atoms with Crippen molar-refractivity contribution in [1.82, 2.24) is 9.80 Å². The number of rotatable bonds is 3. The van der Waals surface area contributed by atoms with E-state index in [-0.39, 0.29) is 0 Å². The maximum atomic E-state index is 2.60. The van der Waals surface area contributed by atoms with E-state index in [2.05, 4.69) is 37.6 Å². The average Bonchev–Trinajstić information content (AvgIpc) is 2.08. The molecule has 0 aromatic heterocycles. The van der Waals surface area contributed by atoms with E-state index in [0.29, 0.717) is 0 Å². The van der Waals surface area contributed by atoms with E-state index in [1.165, 1.54) is 32.6 Å². The lowest BCUT2D eigenvalue weighted by molar-refractivity contribution is 0.0702. The standard InChI is InChI=1S/C11H24N2/c1-5-6-13-8-7-12(4)11(9-13)10(2)3/h10-11H,5-9H2,1-4H3.